The van der Waals surface area contributed by atoms with E-state index in [-0.39, 0.29) is 5.83 Å². The van der Waals surface area contributed by atoms with Crippen molar-refractivity contribution in [1.29, 1.82) is 0 Å². The summed E-state index contributed by atoms with van der Waals surface area (Å²) >= 11 is 0. The van der Waals surface area contributed by atoms with Crippen molar-refractivity contribution in [3.05, 3.63) is 24.2 Å². The van der Waals surface area contributed by atoms with Crippen molar-refractivity contribution >= 4 is 11.7 Å². The average molecular weight is 181 g/mol. The first kappa shape index (κ1) is 7.97. The Kier molecular flexibility index (Phi) is 1.65. The molecule has 1 atom stereocenters. The lowest BCUT2D eigenvalue weighted by molar-refractivity contribution is -0.119. The molecule has 5 heteroatoms. The van der Waals surface area contributed by atoms with Gasteiger partial charge in [0.25, 0.3) is 0 Å². The van der Waals surface area contributed by atoms with Gasteiger partial charge in [-0.2, -0.15) is 0 Å². The molecule has 0 saturated heterocycles. The predicted octanol–water partition coefficient (Wildman–Crippen LogP) is -0.0649. The summed E-state index contributed by atoms with van der Waals surface area (Å²) in [4.78, 5) is 16.4. The molecule has 1 amide bonds. The van der Waals surface area contributed by atoms with E-state index in [1.807, 2.05) is 0 Å². The molecule has 0 aromatic heterocycles. The highest BCUT2D eigenvalue weighted by molar-refractivity contribution is 5.99. The number of nitrogens with two attached hydrogens (primary N) is 1. The molecule has 2 rings (SSSR count). The average Bonchev–Trinajstić information content (AvgIpc) is 2.46. The minimum absolute atomic E-state index is 0.336. The Balaban J connectivity index is 2.24. The highest BCUT2D eigenvalue weighted by atomic mass is 19.1. The fourth-order valence-electron chi connectivity index (χ4n) is 1.31. The third-order valence-corrected chi connectivity index (χ3v) is 1.95. The van der Waals surface area contributed by atoms with Crippen molar-refractivity contribution in [1.82, 2.24) is 4.90 Å². The first-order chi connectivity index (χ1) is 6.16. The van der Waals surface area contributed by atoms with Crippen LogP contribution in [0.2, 0.25) is 0 Å². The zero-order valence-corrected chi connectivity index (χ0v) is 6.77. The molecule has 0 spiro atoms. The summed E-state index contributed by atoms with van der Waals surface area (Å²) in [6.07, 6.45) is 4.14. The molecule has 2 aliphatic heterocycles. The number of fused-ring (bicyclic) bond motifs is 1. The largest absolute Gasteiger partial charge is 0.368 e. The molecule has 4 nitrogen and oxygen atoms in total. The molecular formula is C8H8FN3O. The van der Waals surface area contributed by atoms with Gasteiger partial charge in [0.15, 0.2) is 0 Å². The van der Waals surface area contributed by atoms with Crippen molar-refractivity contribution in [3.63, 3.8) is 0 Å². The van der Waals surface area contributed by atoms with Gasteiger partial charge in [0, 0.05) is 6.20 Å². The lowest BCUT2D eigenvalue weighted by Gasteiger charge is -2.15. The molecule has 2 N–H and O–H groups in total. The van der Waals surface area contributed by atoms with Crippen molar-refractivity contribution in [3.8, 4) is 0 Å². The molecular weight excluding hydrogens is 173 g/mol. The van der Waals surface area contributed by atoms with Gasteiger partial charge in [-0.15, -0.1) is 0 Å². The molecule has 0 aromatic carbocycles. The molecule has 0 radical (unpaired) electrons. The molecule has 0 bridgehead atoms. The van der Waals surface area contributed by atoms with E-state index in [9.17, 15) is 9.18 Å². The van der Waals surface area contributed by atoms with Gasteiger partial charge in [0.1, 0.15) is 17.7 Å². The smallest absolute Gasteiger partial charge is 0.244 e. The molecule has 2 aliphatic rings. The number of allylic oxidation sites excluding steroid dienone is 2. The first-order valence-corrected chi connectivity index (χ1v) is 3.86. The van der Waals surface area contributed by atoms with Gasteiger partial charge < -0.3 is 10.6 Å². The molecule has 0 saturated carbocycles. The highest BCUT2D eigenvalue weighted by Crippen LogP contribution is 2.17. The van der Waals surface area contributed by atoms with Crippen LogP contribution in [0.15, 0.2) is 29.2 Å². The van der Waals surface area contributed by atoms with Crippen molar-refractivity contribution < 1.29 is 9.18 Å². The minimum Gasteiger partial charge on any atom is -0.368 e. The van der Waals surface area contributed by atoms with E-state index in [2.05, 4.69) is 4.99 Å². The number of nitrogens with zero attached hydrogens (tertiary/aromatic N) is 2. The van der Waals surface area contributed by atoms with Gasteiger partial charge in [0.05, 0.1) is 6.54 Å². The van der Waals surface area contributed by atoms with Crippen LogP contribution in [0.1, 0.15) is 0 Å². The van der Waals surface area contributed by atoms with E-state index >= 15 is 0 Å². The third kappa shape index (κ3) is 1.32. The summed E-state index contributed by atoms with van der Waals surface area (Å²) in [5.41, 5.74) is 5.08. The van der Waals surface area contributed by atoms with Crippen LogP contribution in [0.3, 0.4) is 0 Å². The van der Waals surface area contributed by atoms with Crippen molar-refractivity contribution in [2.45, 2.75) is 6.04 Å². The Morgan fingerprint density at radius 2 is 2.46 bits per heavy atom. The summed E-state index contributed by atoms with van der Waals surface area (Å²) in [5, 5.41) is 0. The summed E-state index contributed by atoms with van der Waals surface area (Å²) in [6, 6.07) is -0.554. The van der Waals surface area contributed by atoms with E-state index in [1.165, 1.54) is 18.4 Å². The van der Waals surface area contributed by atoms with E-state index in [4.69, 9.17) is 5.73 Å². The zero-order valence-electron chi connectivity index (χ0n) is 6.77. The third-order valence-electron chi connectivity index (χ3n) is 1.95. The van der Waals surface area contributed by atoms with Crippen LogP contribution in [0.5, 0.6) is 0 Å². The number of hydrogen-bond donors (Lipinski definition) is 1. The Bertz CT molecular complexity index is 345. The zero-order chi connectivity index (χ0) is 9.42. The fourth-order valence-corrected chi connectivity index (χ4v) is 1.31. The second-order valence-electron chi connectivity index (χ2n) is 2.91. The number of carbonyl (C=O) groups excluding carboxylic acids is 1. The van der Waals surface area contributed by atoms with Crippen molar-refractivity contribution in [2.75, 3.05) is 6.54 Å². The molecule has 13 heavy (non-hydrogen) atoms. The van der Waals surface area contributed by atoms with Gasteiger partial charge >= 0.3 is 0 Å². The summed E-state index contributed by atoms with van der Waals surface area (Å²) < 4.78 is 12.7. The van der Waals surface area contributed by atoms with Gasteiger partial charge in [0.2, 0.25) is 5.91 Å². The number of hydrogen-bond acceptors (Lipinski definition) is 3. The molecule has 1 unspecified atom stereocenters. The maximum Gasteiger partial charge on any atom is 0.244 e. The van der Waals surface area contributed by atoms with Crippen LogP contribution in [-0.4, -0.2) is 29.2 Å². The van der Waals surface area contributed by atoms with Crippen LogP contribution in [-0.2, 0) is 4.79 Å². The normalized spacial score (nSPS) is 25.3. The number of amides is 1. The molecule has 0 fully saturated rings. The number of halogens is 1. The van der Waals surface area contributed by atoms with Crippen LogP contribution in [0.4, 0.5) is 4.39 Å². The molecule has 0 aromatic rings. The Labute approximate surface area is 74.2 Å². The summed E-state index contributed by atoms with van der Waals surface area (Å²) in [6.45, 7) is 0.336. The Morgan fingerprint density at radius 3 is 3.15 bits per heavy atom. The second kappa shape index (κ2) is 2.69. The van der Waals surface area contributed by atoms with Crippen LogP contribution in [0.25, 0.3) is 0 Å². The van der Waals surface area contributed by atoms with Crippen LogP contribution < -0.4 is 5.73 Å². The Morgan fingerprint density at radius 1 is 1.69 bits per heavy atom. The molecule has 2 heterocycles. The summed E-state index contributed by atoms with van der Waals surface area (Å²) in [7, 11) is 0. The lowest BCUT2D eigenvalue weighted by Crippen LogP contribution is -2.32. The highest BCUT2D eigenvalue weighted by Gasteiger charge is 2.27. The minimum atomic E-state index is -0.554. The standard InChI is InChI=1S/C8H8FN3O/c9-5-1-2-7-11-6(8(10)13)4-12(7)3-5/h1-3,6H,4H2,(H2,10,13). The monoisotopic (exact) mass is 181 g/mol. The van der Waals surface area contributed by atoms with Gasteiger partial charge in [-0.1, -0.05) is 0 Å². The van der Waals surface area contributed by atoms with Crippen LogP contribution >= 0.6 is 0 Å². The number of amidine groups is 1. The number of aliphatic imine (C=N–C) groups is 1. The topological polar surface area (TPSA) is 58.7 Å². The van der Waals surface area contributed by atoms with E-state index in [0.717, 1.165) is 0 Å². The second-order valence-corrected chi connectivity index (χ2v) is 2.91. The van der Waals surface area contributed by atoms with Crippen molar-refractivity contribution in [2.24, 2.45) is 10.7 Å². The Hall–Kier alpha value is -1.65. The summed E-state index contributed by atoms with van der Waals surface area (Å²) in [5.74, 6) is -0.238. The SMILES string of the molecule is NC(=O)C1CN2C=C(F)C=CC2=N1. The number of rotatable bonds is 1. The lowest BCUT2D eigenvalue weighted by atomic mass is 10.3. The van der Waals surface area contributed by atoms with E-state index in [0.29, 0.717) is 12.4 Å². The van der Waals surface area contributed by atoms with Gasteiger partial charge in [-0.3, -0.25) is 9.79 Å². The maximum atomic E-state index is 12.7. The predicted molar refractivity (Wildman–Crippen MR) is 45.5 cm³/mol. The fraction of sp³-hybridized carbons (Fsp3) is 0.250. The molecule has 68 valence electrons. The van der Waals surface area contributed by atoms with Crippen LogP contribution in [0, 0.1) is 0 Å². The molecule has 0 aliphatic carbocycles. The van der Waals surface area contributed by atoms with E-state index in [1.54, 1.807) is 4.90 Å². The number of carbonyl (C=O) groups is 1. The van der Waals surface area contributed by atoms with E-state index < -0.39 is 11.9 Å². The first-order valence-electron chi connectivity index (χ1n) is 3.86. The quantitative estimate of drug-likeness (QED) is 0.615. The maximum absolute atomic E-state index is 12.7. The van der Waals surface area contributed by atoms with Gasteiger partial charge in [-0.05, 0) is 12.2 Å². The number of primary amides is 1. The van der Waals surface area contributed by atoms with Gasteiger partial charge in [-0.25, -0.2) is 4.39 Å².